The van der Waals surface area contributed by atoms with Crippen LogP contribution in [-0.2, 0) is 17.1 Å². The predicted octanol–water partition coefficient (Wildman–Crippen LogP) is 1.12. The van der Waals surface area contributed by atoms with E-state index in [1.54, 1.807) is 7.05 Å². The summed E-state index contributed by atoms with van der Waals surface area (Å²) in [5.74, 6) is 3.24. The maximum absolute atomic E-state index is 14.6. The number of hydrogen-bond donors (Lipinski definition) is 3. The predicted molar refractivity (Wildman–Crippen MR) is 97.9 cm³/mol. The number of nitrogens with zero attached hydrogens (tertiary/aromatic N) is 4. The van der Waals surface area contributed by atoms with Crippen molar-refractivity contribution in [1.29, 1.82) is 0 Å². The van der Waals surface area contributed by atoms with Crippen LogP contribution in [0.15, 0.2) is 6.20 Å². The van der Waals surface area contributed by atoms with Crippen molar-refractivity contribution in [1.82, 2.24) is 15.0 Å². The van der Waals surface area contributed by atoms with E-state index in [9.17, 15) is 13.6 Å². The zero-order chi connectivity index (χ0) is 20.2. The number of fused-ring (bicyclic) bond motifs is 2. The van der Waals surface area contributed by atoms with Crippen LogP contribution in [0.25, 0.3) is 5.70 Å². The number of aromatic nitrogens is 2. The molecule has 1 aromatic rings. The molecule has 5 N–H and O–H groups in total. The van der Waals surface area contributed by atoms with Gasteiger partial charge in [-0.2, -0.15) is 8.78 Å². The number of halogens is 2. The van der Waals surface area contributed by atoms with Gasteiger partial charge in [0.2, 0.25) is 0 Å². The third kappa shape index (κ3) is 3.05. The number of nitrogens with two attached hydrogens (primary N) is 2. The van der Waals surface area contributed by atoms with Gasteiger partial charge in [-0.05, 0) is 30.6 Å². The Morgan fingerprint density at radius 3 is 2.64 bits per heavy atom. The van der Waals surface area contributed by atoms with Gasteiger partial charge in [0.25, 0.3) is 5.92 Å². The van der Waals surface area contributed by atoms with E-state index in [0.29, 0.717) is 37.3 Å². The van der Waals surface area contributed by atoms with Crippen LogP contribution in [0.2, 0.25) is 0 Å². The molecule has 0 spiro atoms. The summed E-state index contributed by atoms with van der Waals surface area (Å²) in [6.07, 6.45) is 1.98. The van der Waals surface area contributed by atoms with Gasteiger partial charge in [-0.3, -0.25) is 4.79 Å². The molecule has 1 aliphatic heterocycles. The van der Waals surface area contributed by atoms with E-state index in [0.717, 1.165) is 0 Å². The Labute approximate surface area is 161 Å². The van der Waals surface area contributed by atoms with E-state index in [-0.39, 0.29) is 47.8 Å². The fourth-order valence-corrected chi connectivity index (χ4v) is 4.66. The Morgan fingerprint density at radius 1 is 1.39 bits per heavy atom. The molecule has 28 heavy (non-hydrogen) atoms. The molecule has 152 valence electrons. The largest absolute Gasteiger partial charge is 0.481 e. The number of aliphatic carboxylic acids is 1. The highest BCUT2D eigenvalue weighted by Gasteiger charge is 2.57. The van der Waals surface area contributed by atoms with Gasteiger partial charge in [0.1, 0.15) is 17.2 Å². The van der Waals surface area contributed by atoms with Crippen LogP contribution in [-0.4, -0.2) is 46.2 Å². The number of piperidine rings is 1. The standard InChI is InChI=1S/C18H24F2N6O2/c1-25(22)13(6-21)16-23-15-9(3-2-4-18(15,19)20)17(24-16)26-7-11-10(5-14(27)28)12(11)8-26/h6,10-12H,2-5,7-8,21-22H2,1H3,(H,27,28)/b13-6-/t10?,11-,12+. The number of carboxylic acids is 1. The Morgan fingerprint density at radius 2 is 2.07 bits per heavy atom. The minimum Gasteiger partial charge on any atom is -0.481 e. The van der Waals surface area contributed by atoms with Crippen molar-refractivity contribution in [3.8, 4) is 0 Å². The number of hydrogen-bond acceptors (Lipinski definition) is 7. The summed E-state index contributed by atoms with van der Waals surface area (Å²) < 4.78 is 29.3. The summed E-state index contributed by atoms with van der Waals surface area (Å²) in [4.78, 5) is 21.7. The lowest BCUT2D eigenvalue weighted by atomic mass is 9.92. The topological polar surface area (TPSA) is 122 Å². The summed E-state index contributed by atoms with van der Waals surface area (Å²) in [6.45, 7) is 1.24. The maximum atomic E-state index is 14.6. The SMILES string of the molecule is CN(N)/C(=C\N)c1nc(N2C[C@@H]3C(CC(=O)O)[C@@H]3C2)c2c(n1)C(F)(F)CCC2. The molecule has 4 rings (SSSR count). The number of carboxylic acid groups (broad SMARTS) is 1. The molecule has 0 aromatic carbocycles. The van der Waals surface area contributed by atoms with Gasteiger partial charge in [-0.15, -0.1) is 0 Å². The molecule has 2 heterocycles. The fourth-order valence-electron chi connectivity index (χ4n) is 4.66. The average molecular weight is 394 g/mol. The van der Waals surface area contributed by atoms with Crippen LogP contribution < -0.4 is 16.5 Å². The van der Waals surface area contributed by atoms with Crippen LogP contribution in [0, 0.1) is 17.8 Å². The van der Waals surface area contributed by atoms with Gasteiger partial charge in [-0.1, -0.05) is 0 Å². The van der Waals surface area contributed by atoms with Gasteiger partial charge >= 0.3 is 5.97 Å². The molecule has 8 nitrogen and oxygen atoms in total. The minimum atomic E-state index is -3.03. The first-order chi connectivity index (χ1) is 13.2. The Hall–Kier alpha value is -2.49. The third-order valence-corrected chi connectivity index (χ3v) is 6.10. The van der Waals surface area contributed by atoms with Crippen LogP contribution in [0.1, 0.15) is 36.3 Å². The lowest BCUT2D eigenvalue weighted by Crippen LogP contribution is -2.33. The molecule has 1 saturated carbocycles. The van der Waals surface area contributed by atoms with E-state index in [1.807, 2.05) is 4.90 Å². The van der Waals surface area contributed by atoms with Gasteiger partial charge < -0.3 is 20.7 Å². The maximum Gasteiger partial charge on any atom is 0.303 e. The van der Waals surface area contributed by atoms with Crippen LogP contribution in [0.5, 0.6) is 0 Å². The highest BCUT2D eigenvalue weighted by atomic mass is 19.3. The Balaban J connectivity index is 1.70. The van der Waals surface area contributed by atoms with Crippen molar-refractivity contribution in [3.63, 3.8) is 0 Å². The Bertz CT molecular complexity index is 832. The fraction of sp³-hybridized carbons (Fsp3) is 0.611. The molecule has 1 aromatic heterocycles. The zero-order valence-electron chi connectivity index (χ0n) is 15.6. The van der Waals surface area contributed by atoms with E-state index in [1.165, 1.54) is 11.2 Å². The monoisotopic (exact) mass is 394 g/mol. The molecule has 10 heteroatoms. The van der Waals surface area contributed by atoms with Crippen LogP contribution >= 0.6 is 0 Å². The van der Waals surface area contributed by atoms with Crippen molar-refractivity contribution in [2.45, 2.75) is 31.6 Å². The van der Waals surface area contributed by atoms with Crippen molar-refractivity contribution in [2.75, 3.05) is 25.0 Å². The van der Waals surface area contributed by atoms with Crippen molar-refractivity contribution >= 4 is 17.5 Å². The normalized spacial score (nSPS) is 27.9. The van der Waals surface area contributed by atoms with Crippen molar-refractivity contribution in [3.05, 3.63) is 23.3 Å². The smallest absolute Gasteiger partial charge is 0.303 e. The quantitative estimate of drug-likeness (QED) is 0.502. The Kier molecular flexibility index (Phi) is 4.40. The highest BCUT2D eigenvalue weighted by Crippen LogP contribution is 2.55. The first kappa shape index (κ1) is 18.9. The van der Waals surface area contributed by atoms with Gasteiger partial charge in [0.15, 0.2) is 5.82 Å². The summed E-state index contributed by atoms with van der Waals surface area (Å²) >= 11 is 0. The molecule has 0 bridgehead atoms. The molecule has 2 aliphatic carbocycles. The second-order valence-corrected chi connectivity index (χ2v) is 7.91. The third-order valence-electron chi connectivity index (χ3n) is 6.10. The molecule has 0 radical (unpaired) electrons. The lowest BCUT2D eigenvalue weighted by molar-refractivity contribution is -0.137. The molecular formula is C18H24F2N6O2. The van der Waals surface area contributed by atoms with E-state index >= 15 is 0 Å². The number of anilines is 1. The second kappa shape index (κ2) is 6.54. The number of hydrazine groups is 1. The van der Waals surface area contributed by atoms with Gasteiger partial charge in [0.05, 0.1) is 0 Å². The number of carbonyl (C=O) groups is 1. The first-order valence-corrected chi connectivity index (χ1v) is 9.39. The zero-order valence-corrected chi connectivity index (χ0v) is 15.6. The molecule has 2 fully saturated rings. The van der Waals surface area contributed by atoms with E-state index < -0.39 is 11.9 Å². The summed E-state index contributed by atoms with van der Waals surface area (Å²) in [5.41, 5.74) is 6.12. The summed E-state index contributed by atoms with van der Waals surface area (Å²) in [6, 6.07) is 0. The molecule has 3 atom stereocenters. The molecule has 0 amide bonds. The molecule has 1 saturated heterocycles. The number of alkyl halides is 2. The number of rotatable bonds is 5. The summed E-state index contributed by atoms with van der Waals surface area (Å²) in [5, 5.41) is 10.2. The molecule has 1 unspecified atom stereocenters. The van der Waals surface area contributed by atoms with Crippen molar-refractivity contribution < 1.29 is 18.7 Å². The van der Waals surface area contributed by atoms with Crippen molar-refractivity contribution in [2.24, 2.45) is 29.3 Å². The average Bonchev–Trinajstić information content (AvgIpc) is 3.04. The van der Waals surface area contributed by atoms with Crippen LogP contribution in [0.3, 0.4) is 0 Å². The first-order valence-electron chi connectivity index (χ1n) is 9.39. The second-order valence-electron chi connectivity index (χ2n) is 7.91. The highest BCUT2D eigenvalue weighted by molar-refractivity contribution is 5.68. The van der Waals surface area contributed by atoms with Gasteiger partial charge in [-0.25, -0.2) is 15.8 Å². The van der Waals surface area contributed by atoms with Crippen LogP contribution in [0.4, 0.5) is 14.6 Å². The molecular weight excluding hydrogens is 370 g/mol. The van der Waals surface area contributed by atoms with Gasteiger partial charge in [0, 0.05) is 44.7 Å². The minimum absolute atomic E-state index is 0.0745. The van der Waals surface area contributed by atoms with E-state index in [4.69, 9.17) is 16.7 Å². The molecule has 3 aliphatic rings. The summed E-state index contributed by atoms with van der Waals surface area (Å²) in [7, 11) is 1.54. The van der Waals surface area contributed by atoms with E-state index in [2.05, 4.69) is 9.97 Å². The lowest BCUT2D eigenvalue weighted by Gasteiger charge is -2.31.